The first kappa shape index (κ1) is 22.6. The highest BCUT2D eigenvalue weighted by Crippen LogP contribution is 2.28. The van der Waals surface area contributed by atoms with Gasteiger partial charge in [-0.25, -0.2) is 4.39 Å². The highest BCUT2D eigenvalue weighted by atomic mass is 19.1. The number of carbonyl (C=O) groups excluding carboxylic acids is 2. The van der Waals surface area contributed by atoms with E-state index >= 15 is 0 Å². The van der Waals surface area contributed by atoms with Crippen LogP contribution in [0, 0.1) is 11.7 Å². The van der Waals surface area contributed by atoms with Crippen molar-refractivity contribution in [3.8, 4) is 0 Å². The minimum Gasteiger partial charge on any atom is -0.352 e. The monoisotopic (exact) mass is 466 g/mol. The first-order valence-corrected chi connectivity index (χ1v) is 12.2. The molecule has 5 rings (SSSR count). The number of piperazine rings is 1. The van der Waals surface area contributed by atoms with Crippen molar-refractivity contribution in [2.24, 2.45) is 5.92 Å². The molecular formula is C25H31FN6O2. The second-order valence-corrected chi connectivity index (χ2v) is 9.48. The van der Waals surface area contributed by atoms with Gasteiger partial charge in [-0.15, -0.1) is 10.2 Å². The van der Waals surface area contributed by atoms with Crippen LogP contribution in [0.5, 0.6) is 0 Å². The number of nitrogens with zero attached hydrogens (tertiary/aromatic N) is 6. The first-order chi connectivity index (χ1) is 16.5. The van der Waals surface area contributed by atoms with Crippen LogP contribution in [-0.4, -0.2) is 72.2 Å². The fourth-order valence-corrected chi connectivity index (χ4v) is 5.24. The van der Waals surface area contributed by atoms with Crippen LogP contribution in [0.25, 0.3) is 0 Å². The Balaban J connectivity index is 1.16. The second kappa shape index (κ2) is 9.56. The van der Waals surface area contributed by atoms with Gasteiger partial charge < -0.3 is 19.6 Å². The van der Waals surface area contributed by atoms with Gasteiger partial charge in [-0.3, -0.25) is 9.59 Å². The average molecular weight is 467 g/mol. The van der Waals surface area contributed by atoms with Crippen molar-refractivity contribution in [1.29, 1.82) is 0 Å². The van der Waals surface area contributed by atoms with E-state index in [0.29, 0.717) is 44.5 Å². The molecule has 0 spiro atoms. The van der Waals surface area contributed by atoms with E-state index in [-0.39, 0.29) is 30.0 Å². The van der Waals surface area contributed by atoms with Crippen LogP contribution in [-0.2, 0) is 9.59 Å². The van der Waals surface area contributed by atoms with Crippen LogP contribution in [0.3, 0.4) is 0 Å². The van der Waals surface area contributed by atoms with E-state index in [1.807, 2.05) is 11.0 Å². The summed E-state index contributed by atoms with van der Waals surface area (Å²) >= 11 is 0. The van der Waals surface area contributed by atoms with Gasteiger partial charge in [-0.05, 0) is 62.6 Å². The van der Waals surface area contributed by atoms with Crippen molar-refractivity contribution in [2.45, 2.75) is 38.6 Å². The number of rotatable bonds is 4. The number of amides is 2. The number of halogens is 1. The Labute approximate surface area is 199 Å². The van der Waals surface area contributed by atoms with Crippen LogP contribution in [0.15, 0.2) is 36.4 Å². The fourth-order valence-electron chi connectivity index (χ4n) is 5.24. The Bertz CT molecular complexity index is 1020. The van der Waals surface area contributed by atoms with Gasteiger partial charge in [0.1, 0.15) is 5.82 Å². The highest BCUT2D eigenvalue weighted by Gasteiger charge is 2.38. The van der Waals surface area contributed by atoms with Gasteiger partial charge in [-0.2, -0.15) is 0 Å². The molecule has 34 heavy (non-hydrogen) atoms. The van der Waals surface area contributed by atoms with Gasteiger partial charge >= 0.3 is 0 Å². The Morgan fingerprint density at radius 3 is 2.32 bits per heavy atom. The van der Waals surface area contributed by atoms with Gasteiger partial charge in [0.15, 0.2) is 11.6 Å². The number of carbonyl (C=O) groups is 2. The minimum absolute atomic E-state index is 0.0122. The van der Waals surface area contributed by atoms with E-state index in [1.54, 1.807) is 17.0 Å². The zero-order chi connectivity index (χ0) is 23.7. The largest absolute Gasteiger partial charge is 0.352 e. The van der Waals surface area contributed by atoms with Crippen molar-refractivity contribution in [1.82, 2.24) is 15.1 Å². The zero-order valence-electron chi connectivity index (χ0n) is 19.6. The Morgan fingerprint density at radius 2 is 1.65 bits per heavy atom. The number of anilines is 3. The predicted octanol–water partition coefficient (Wildman–Crippen LogP) is 2.70. The molecule has 0 N–H and O–H groups in total. The molecule has 9 heteroatoms. The molecule has 2 aromatic rings. The molecule has 2 amide bonds. The van der Waals surface area contributed by atoms with E-state index in [1.165, 1.54) is 31.4 Å². The maximum atomic E-state index is 13.2. The molecule has 0 saturated carbocycles. The summed E-state index contributed by atoms with van der Waals surface area (Å²) in [6.45, 7) is 6.15. The smallest absolute Gasteiger partial charge is 0.228 e. The number of aromatic nitrogens is 2. The van der Waals surface area contributed by atoms with Gasteiger partial charge in [0.05, 0.1) is 5.92 Å². The normalized spacial score (nSPS) is 23.5. The molecule has 0 bridgehead atoms. The summed E-state index contributed by atoms with van der Waals surface area (Å²) in [5, 5.41) is 8.96. The van der Waals surface area contributed by atoms with Crippen LogP contribution in [0.4, 0.5) is 21.7 Å². The van der Waals surface area contributed by atoms with Crippen molar-refractivity contribution in [2.75, 3.05) is 54.0 Å². The summed E-state index contributed by atoms with van der Waals surface area (Å²) in [6.07, 6.45) is 3.84. The van der Waals surface area contributed by atoms with Crippen molar-refractivity contribution < 1.29 is 14.0 Å². The lowest BCUT2D eigenvalue weighted by Crippen LogP contribution is -2.51. The summed E-state index contributed by atoms with van der Waals surface area (Å²) in [5.74, 6) is 0.969. The molecule has 2 unspecified atom stereocenters. The second-order valence-electron chi connectivity index (χ2n) is 9.48. The van der Waals surface area contributed by atoms with Gasteiger partial charge in [0, 0.05) is 57.4 Å². The van der Waals surface area contributed by atoms with Gasteiger partial charge in [-0.1, -0.05) is 0 Å². The maximum Gasteiger partial charge on any atom is 0.228 e. The van der Waals surface area contributed by atoms with Crippen LogP contribution < -0.4 is 14.7 Å². The maximum absolute atomic E-state index is 13.2. The van der Waals surface area contributed by atoms with Crippen LogP contribution in [0.2, 0.25) is 0 Å². The molecule has 4 heterocycles. The van der Waals surface area contributed by atoms with E-state index in [2.05, 4.69) is 33.0 Å². The molecule has 2 atom stereocenters. The fraction of sp³-hybridized carbons (Fsp3) is 0.520. The van der Waals surface area contributed by atoms with Crippen molar-refractivity contribution in [3.63, 3.8) is 0 Å². The van der Waals surface area contributed by atoms with Crippen molar-refractivity contribution >= 4 is 29.1 Å². The molecule has 1 aromatic carbocycles. The molecule has 3 fully saturated rings. The number of piperidine rings is 1. The third-order valence-corrected chi connectivity index (χ3v) is 7.26. The standard InChI is InChI=1S/C25H31FN6O2/c1-18-4-2-3-11-31(18)23-10-9-22(27-28-23)29-12-14-30(15-13-29)25(34)19-16-24(33)32(17-19)21-7-5-20(26)6-8-21/h5-10,18-19H,2-4,11-17H2,1H3. The van der Waals surface area contributed by atoms with Crippen LogP contribution in [0.1, 0.15) is 32.6 Å². The molecular weight excluding hydrogens is 435 g/mol. The number of hydrogen-bond donors (Lipinski definition) is 0. The molecule has 1 aromatic heterocycles. The minimum atomic E-state index is -0.366. The zero-order valence-corrected chi connectivity index (χ0v) is 19.6. The Kier molecular flexibility index (Phi) is 6.34. The third kappa shape index (κ3) is 4.56. The lowest BCUT2D eigenvalue weighted by atomic mass is 10.0. The summed E-state index contributed by atoms with van der Waals surface area (Å²) in [6, 6.07) is 10.4. The summed E-state index contributed by atoms with van der Waals surface area (Å²) in [4.78, 5) is 33.5. The van der Waals surface area contributed by atoms with E-state index in [9.17, 15) is 14.0 Å². The topological polar surface area (TPSA) is 72.9 Å². The van der Waals surface area contributed by atoms with Crippen molar-refractivity contribution in [3.05, 3.63) is 42.2 Å². The molecule has 8 nitrogen and oxygen atoms in total. The van der Waals surface area contributed by atoms with E-state index in [4.69, 9.17) is 0 Å². The van der Waals surface area contributed by atoms with E-state index in [0.717, 1.165) is 18.2 Å². The summed E-state index contributed by atoms with van der Waals surface area (Å²) < 4.78 is 13.2. The first-order valence-electron chi connectivity index (χ1n) is 12.2. The lowest BCUT2D eigenvalue weighted by molar-refractivity contribution is -0.136. The molecule has 3 aliphatic rings. The highest BCUT2D eigenvalue weighted by molar-refractivity contribution is 6.00. The van der Waals surface area contributed by atoms with Gasteiger partial charge in [0.25, 0.3) is 0 Å². The summed E-state index contributed by atoms with van der Waals surface area (Å²) in [7, 11) is 0. The van der Waals surface area contributed by atoms with Gasteiger partial charge in [0.2, 0.25) is 11.8 Å². The Morgan fingerprint density at radius 1 is 0.941 bits per heavy atom. The number of hydrogen-bond acceptors (Lipinski definition) is 6. The quantitative estimate of drug-likeness (QED) is 0.690. The molecule has 3 aliphatic heterocycles. The summed E-state index contributed by atoms with van der Waals surface area (Å²) in [5.41, 5.74) is 0.632. The Hall–Kier alpha value is -3.23. The third-order valence-electron chi connectivity index (χ3n) is 7.26. The average Bonchev–Trinajstić information content (AvgIpc) is 3.26. The molecule has 0 radical (unpaired) electrons. The SMILES string of the molecule is CC1CCCCN1c1ccc(N2CCN(C(=O)C3CC(=O)N(c4ccc(F)cc4)C3)CC2)nn1. The number of benzene rings is 1. The van der Waals surface area contributed by atoms with Crippen LogP contribution >= 0.6 is 0 Å². The lowest BCUT2D eigenvalue weighted by Gasteiger charge is -2.37. The van der Waals surface area contributed by atoms with E-state index < -0.39 is 0 Å². The molecule has 180 valence electrons. The predicted molar refractivity (Wildman–Crippen MR) is 128 cm³/mol. The molecule has 3 saturated heterocycles. The molecule has 0 aliphatic carbocycles.